The first kappa shape index (κ1) is 7.12. The van der Waals surface area contributed by atoms with Crippen LogP contribution in [-0.2, 0) is 0 Å². The van der Waals surface area contributed by atoms with Crippen molar-refractivity contribution in [2.45, 2.75) is 19.3 Å². The van der Waals surface area contributed by atoms with Crippen molar-refractivity contribution in [1.82, 2.24) is 0 Å². The fourth-order valence-electron chi connectivity index (χ4n) is 1.04. The molecule has 3 heteroatoms. The van der Waals surface area contributed by atoms with Gasteiger partial charge < -0.3 is 11.5 Å². The minimum Gasteiger partial charge on any atom is -0.402 e. The van der Waals surface area contributed by atoms with Gasteiger partial charge in [0.2, 0.25) is 0 Å². The van der Waals surface area contributed by atoms with Crippen LogP contribution in [0.15, 0.2) is 11.8 Å². The Balaban J connectivity index is 2.45. The first-order chi connectivity index (χ1) is 4.70. The SMILES string of the molecule is N=C(N)C=C(N)C1CCC1. The molecule has 0 radical (unpaired) electrons. The number of rotatable bonds is 2. The van der Waals surface area contributed by atoms with E-state index in [0.29, 0.717) is 5.92 Å². The largest absolute Gasteiger partial charge is 0.402 e. The normalized spacial score (nSPS) is 20.2. The van der Waals surface area contributed by atoms with Gasteiger partial charge in [-0.05, 0) is 24.8 Å². The van der Waals surface area contributed by atoms with Crippen molar-refractivity contribution in [1.29, 1.82) is 5.41 Å². The molecule has 0 amide bonds. The summed E-state index contributed by atoms with van der Waals surface area (Å²) in [6.07, 6.45) is 5.13. The summed E-state index contributed by atoms with van der Waals surface area (Å²) in [6.45, 7) is 0. The summed E-state index contributed by atoms with van der Waals surface area (Å²) in [5.74, 6) is 0.563. The topological polar surface area (TPSA) is 75.9 Å². The Morgan fingerprint density at radius 2 is 2.00 bits per heavy atom. The molecule has 1 fully saturated rings. The molecule has 0 aliphatic heterocycles. The smallest absolute Gasteiger partial charge is 0.117 e. The molecule has 3 nitrogen and oxygen atoms in total. The van der Waals surface area contributed by atoms with E-state index in [1.165, 1.54) is 6.42 Å². The maximum Gasteiger partial charge on any atom is 0.117 e. The first-order valence-corrected chi connectivity index (χ1v) is 3.51. The highest BCUT2D eigenvalue weighted by Gasteiger charge is 2.19. The van der Waals surface area contributed by atoms with Crippen LogP contribution in [0.3, 0.4) is 0 Å². The van der Waals surface area contributed by atoms with E-state index in [1.807, 2.05) is 0 Å². The van der Waals surface area contributed by atoms with Crippen molar-refractivity contribution in [3.05, 3.63) is 11.8 Å². The number of hydrogen-bond donors (Lipinski definition) is 3. The number of allylic oxidation sites excluding steroid dienone is 1. The zero-order valence-electron chi connectivity index (χ0n) is 5.93. The second-order valence-electron chi connectivity index (χ2n) is 2.73. The van der Waals surface area contributed by atoms with Crippen molar-refractivity contribution in [2.75, 3.05) is 0 Å². The van der Waals surface area contributed by atoms with Gasteiger partial charge in [-0.25, -0.2) is 0 Å². The Morgan fingerprint density at radius 1 is 1.40 bits per heavy atom. The maximum atomic E-state index is 6.94. The van der Waals surface area contributed by atoms with Crippen LogP contribution in [-0.4, -0.2) is 5.84 Å². The highest BCUT2D eigenvalue weighted by atomic mass is 14.7. The number of nitrogens with one attached hydrogen (secondary N) is 1. The van der Waals surface area contributed by atoms with Crippen LogP contribution in [0.1, 0.15) is 19.3 Å². The third kappa shape index (κ3) is 1.50. The maximum absolute atomic E-state index is 6.94. The van der Waals surface area contributed by atoms with Gasteiger partial charge in [0.25, 0.3) is 0 Å². The van der Waals surface area contributed by atoms with E-state index in [-0.39, 0.29) is 5.84 Å². The molecule has 0 unspecified atom stereocenters. The average Bonchev–Trinajstić information content (AvgIpc) is 1.55. The van der Waals surface area contributed by atoms with Crippen molar-refractivity contribution in [3.8, 4) is 0 Å². The lowest BCUT2D eigenvalue weighted by atomic mass is 9.83. The van der Waals surface area contributed by atoms with Gasteiger partial charge in [-0.15, -0.1) is 0 Å². The Bertz CT molecular complexity index is 168. The Hall–Kier alpha value is -0.990. The van der Waals surface area contributed by atoms with Crippen molar-refractivity contribution < 1.29 is 0 Å². The molecule has 0 aromatic heterocycles. The van der Waals surface area contributed by atoms with Gasteiger partial charge in [0, 0.05) is 5.70 Å². The minimum absolute atomic E-state index is 0.0596. The summed E-state index contributed by atoms with van der Waals surface area (Å²) in [5.41, 5.74) is 11.5. The van der Waals surface area contributed by atoms with Gasteiger partial charge in [-0.1, -0.05) is 6.42 Å². The zero-order valence-corrected chi connectivity index (χ0v) is 5.93. The number of nitrogens with two attached hydrogens (primary N) is 2. The molecule has 1 aliphatic rings. The standard InChI is InChI=1S/C7H13N3/c8-6(4-7(9)10)5-2-1-3-5/h4-5H,1-3,8H2,(H3,9,10). The molecule has 0 aromatic rings. The van der Waals surface area contributed by atoms with Gasteiger partial charge in [-0.2, -0.15) is 0 Å². The molecule has 0 heterocycles. The molecule has 0 spiro atoms. The average molecular weight is 139 g/mol. The predicted molar refractivity (Wildman–Crippen MR) is 41.5 cm³/mol. The van der Waals surface area contributed by atoms with Crippen LogP contribution in [0.5, 0.6) is 0 Å². The summed E-state index contributed by atoms with van der Waals surface area (Å²) >= 11 is 0. The molecule has 0 atom stereocenters. The van der Waals surface area contributed by atoms with E-state index in [0.717, 1.165) is 18.5 Å². The van der Waals surface area contributed by atoms with Crippen molar-refractivity contribution in [2.24, 2.45) is 17.4 Å². The van der Waals surface area contributed by atoms with E-state index in [4.69, 9.17) is 16.9 Å². The van der Waals surface area contributed by atoms with Crippen molar-refractivity contribution in [3.63, 3.8) is 0 Å². The predicted octanol–water partition coefficient (Wildman–Crippen LogP) is 0.565. The number of amidine groups is 1. The highest BCUT2D eigenvalue weighted by Crippen LogP contribution is 2.30. The molecule has 5 N–H and O–H groups in total. The van der Waals surface area contributed by atoms with E-state index in [1.54, 1.807) is 6.08 Å². The fourth-order valence-corrected chi connectivity index (χ4v) is 1.04. The number of hydrogen-bond acceptors (Lipinski definition) is 2. The fraction of sp³-hybridized carbons (Fsp3) is 0.571. The summed E-state index contributed by atoms with van der Waals surface area (Å²) in [6, 6.07) is 0. The summed E-state index contributed by atoms with van der Waals surface area (Å²) < 4.78 is 0. The molecule has 1 aliphatic carbocycles. The van der Waals surface area contributed by atoms with Gasteiger partial charge in [0.15, 0.2) is 0 Å². The molecule has 1 saturated carbocycles. The lowest BCUT2D eigenvalue weighted by Gasteiger charge is -2.25. The van der Waals surface area contributed by atoms with Crippen LogP contribution >= 0.6 is 0 Å². The van der Waals surface area contributed by atoms with E-state index >= 15 is 0 Å². The third-order valence-corrected chi connectivity index (χ3v) is 1.90. The lowest BCUT2D eigenvalue weighted by Crippen LogP contribution is -2.21. The summed E-state index contributed by atoms with van der Waals surface area (Å²) in [4.78, 5) is 0. The Kier molecular flexibility index (Phi) is 1.94. The second-order valence-corrected chi connectivity index (χ2v) is 2.73. The molecule has 0 bridgehead atoms. The van der Waals surface area contributed by atoms with Crippen LogP contribution in [0.2, 0.25) is 0 Å². The highest BCUT2D eigenvalue weighted by molar-refractivity contribution is 5.89. The first-order valence-electron chi connectivity index (χ1n) is 3.51. The monoisotopic (exact) mass is 139 g/mol. The molecule has 10 heavy (non-hydrogen) atoms. The molecule has 56 valence electrons. The Labute approximate surface area is 60.6 Å². The van der Waals surface area contributed by atoms with Crippen molar-refractivity contribution >= 4 is 5.84 Å². The molecule has 0 saturated heterocycles. The quantitative estimate of drug-likeness (QED) is 0.386. The van der Waals surface area contributed by atoms with Crippen LogP contribution in [0, 0.1) is 11.3 Å². The summed E-state index contributed by atoms with van der Waals surface area (Å²) in [7, 11) is 0. The minimum atomic E-state index is 0.0596. The van der Waals surface area contributed by atoms with Gasteiger partial charge in [0.05, 0.1) is 0 Å². The molecule has 1 rings (SSSR count). The summed E-state index contributed by atoms with van der Waals surface area (Å²) in [5, 5.41) is 6.94. The van der Waals surface area contributed by atoms with Crippen LogP contribution in [0.4, 0.5) is 0 Å². The second kappa shape index (κ2) is 2.73. The Morgan fingerprint density at radius 3 is 2.30 bits per heavy atom. The van der Waals surface area contributed by atoms with Gasteiger partial charge >= 0.3 is 0 Å². The van der Waals surface area contributed by atoms with Gasteiger partial charge in [0.1, 0.15) is 5.84 Å². The van der Waals surface area contributed by atoms with E-state index < -0.39 is 0 Å². The van der Waals surface area contributed by atoms with Crippen LogP contribution < -0.4 is 11.5 Å². The zero-order chi connectivity index (χ0) is 7.56. The lowest BCUT2D eigenvalue weighted by molar-refractivity contribution is 0.365. The van der Waals surface area contributed by atoms with Gasteiger partial charge in [-0.3, -0.25) is 5.41 Å². The van der Waals surface area contributed by atoms with E-state index in [9.17, 15) is 0 Å². The molecular formula is C7H13N3. The van der Waals surface area contributed by atoms with Crippen LogP contribution in [0.25, 0.3) is 0 Å². The molecule has 0 aromatic carbocycles. The molecular weight excluding hydrogens is 126 g/mol. The van der Waals surface area contributed by atoms with E-state index in [2.05, 4.69) is 0 Å². The third-order valence-electron chi connectivity index (χ3n) is 1.90.